The molecule has 2 aliphatic heterocycles. The van der Waals surface area contributed by atoms with E-state index in [1.54, 1.807) is 0 Å². The molecule has 1 N–H and O–H groups in total. The van der Waals surface area contributed by atoms with E-state index in [2.05, 4.69) is 36.2 Å². The summed E-state index contributed by atoms with van der Waals surface area (Å²) < 4.78 is 5.28. The number of aliphatic hydroxyl groups is 1. The molecule has 3 nitrogen and oxygen atoms in total. The van der Waals surface area contributed by atoms with Crippen molar-refractivity contribution in [1.82, 2.24) is 4.90 Å². The summed E-state index contributed by atoms with van der Waals surface area (Å²) >= 11 is 0. The van der Waals surface area contributed by atoms with Crippen LogP contribution in [0.15, 0.2) is 24.3 Å². The maximum atomic E-state index is 9.56. The molecule has 0 spiro atoms. The highest BCUT2D eigenvalue weighted by atomic mass is 16.5. The number of likely N-dealkylation sites (N-methyl/N-ethyl adjacent to an activating group) is 1. The molecule has 3 rings (SSSR count). The van der Waals surface area contributed by atoms with E-state index >= 15 is 0 Å². The van der Waals surface area contributed by atoms with Gasteiger partial charge in [0.15, 0.2) is 0 Å². The van der Waals surface area contributed by atoms with Gasteiger partial charge in [-0.05, 0) is 43.5 Å². The fourth-order valence-corrected chi connectivity index (χ4v) is 3.25. The SMILES string of the molecule is CN1CCCC(c2ccc(C3(CO)COC3)cc2)C1. The molecule has 1 aromatic rings. The van der Waals surface area contributed by atoms with Crippen molar-refractivity contribution in [2.24, 2.45) is 0 Å². The van der Waals surface area contributed by atoms with Crippen LogP contribution in [0.3, 0.4) is 0 Å². The van der Waals surface area contributed by atoms with Crippen LogP contribution in [-0.4, -0.2) is 50.0 Å². The first-order chi connectivity index (χ1) is 9.23. The molecular formula is C16H23NO2. The van der Waals surface area contributed by atoms with E-state index in [0.29, 0.717) is 19.1 Å². The Kier molecular flexibility index (Phi) is 3.61. The van der Waals surface area contributed by atoms with E-state index in [-0.39, 0.29) is 12.0 Å². The van der Waals surface area contributed by atoms with E-state index < -0.39 is 0 Å². The van der Waals surface area contributed by atoms with Gasteiger partial charge in [0.25, 0.3) is 0 Å². The number of piperidine rings is 1. The van der Waals surface area contributed by atoms with Gasteiger partial charge in [0, 0.05) is 6.54 Å². The first kappa shape index (κ1) is 13.1. The highest BCUT2D eigenvalue weighted by Gasteiger charge is 2.39. The molecule has 19 heavy (non-hydrogen) atoms. The summed E-state index contributed by atoms with van der Waals surface area (Å²) in [5.41, 5.74) is 2.51. The summed E-state index contributed by atoms with van der Waals surface area (Å²) in [4.78, 5) is 2.41. The zero-order chi connectivity index (χ0) is 13.3. The molecule has 2 saturated heterocycles. The van der Waals surface area contributed by atoms with Gasteiger partial charge in [-0.25, -0.2) is 0 Å². The molecule has 2 heterocycles. The lowest BCUT2D eigenvalue weighted by atomic mass is 9.78. The number of hydrogen-bond donors (Lipinski definition) is 1. The first-order valence-corrected chi connectivity index (χ1v) is 7.21. The summed E-state index contributed by atoms with van der Waals surface area (Å²) in [7, 11) is 2.20. The number of hydrogen-bond acceptors (Lipinski definition) is 3. The number of rotatable bonds is 3. The predicted molar refractivity (Wildman–Crippen MR) is 75.5 cm³/mol. The second-order valence-electron chi connectivity index (χ2n) is 6.15. The molecule has 0 aliphatic carbocycles. The number of benzene rings is 1. The quantitative estimate of drug-likeness (QED) is 0.900. The molecule has 0 radical (unpaired) electrons. The van der Waals surface area contributed by atoms with E-state index in [0.717, 1.165) is 6.54 Å². The Hall–Kier alpha value is -0.900. The predicted octanol–water partition coefficient (Wildman–Crippen LogP) is 1.76. The number of aliphatic hydroxyl groups excluding tert-OH is 1. The highest BCUT2D eigenvalue weighted by molar-refractivity contribution is 5.33. The van der Waals surface area contributed by atoms with Crippen molar-refractivity contribution < 1.29 is 9.84 Å². The van der Waals surface area contributed by atoms with Crippen LogP contribution in [0.4, 0.5) is 0 Å². The summed E-state index contributed by atoms with van der Waals surface area (Å²) in [5, 5.41) is 9.56. The van der Waals surface area contributed by atoms with Crippen LogP contribution in [-0.2, 0) is 10.2 Å². The summed E-state index contributed by atoms with van der Waals surface area (Å²) in [6.45, 7) is 3.86. The first-order valence-electron chi connectivity index (χ1n) is 7.21. The van der Waals surface area contributed by atoms with Gasteiger partial charge in [-0.3, -0.25) is 0 Å². The minimum Gasteiger partial charge on any atom is -0.395 e. The largest absolute Gasteiger partial charge is 0.395 e. The highest BCUT2D eigenvalue weighted by Crippen LogP contribution is 2.33. The zero-order valence-corrected chi connectivity index (χ0v) is 11.6. The Morgan fingerprint density at radius 1 is 1.32 bits per heavy atom. The van der Waals surface area contributed by atoms with Gasteiger partial charge >= 0.3 is 0 Å². The minimum atomic E-state index is -0.137. The van der Waals surface area contributed by atoms with Crippen molar-refractivity contribution in [2.75, 3.05) is 40.0 Å². The lowest BCUT2D eigenvalue weighted by Gasteiger charge is -2.40. The summed E-state index contributed by atoms with van der Waals surface area (Å²) in [5.74, 6) is 0.663. The van der Waals surface area contributed by atoms with Gasteiger partial charge in [0.1, 0.15) is 0 Å². The van der Waals surface area contributed by atoms with Crippen LogP contribution in [0.2, 0.25) is 0 Å². The Morgan fingerprint density at radius 3 is 2.58 bits per heavy atom. The molecular weight excluding hydrogens is 238 g/mol. The monoisotopic (exact) mass is 261 g/mol. The Bertz CT molecular complexity index is 419. The third-order valence-electron chi connectivity index (χ3n) is 4.68. The van der Waals surface area contributed by atoms with Crippen molar-refractivity contribution in [3.05, 3.63) is 35.4 Å². The van der Waals surface area contributed by atoms with Crippen molar-refractivity contribution in [2.45, 2.75) is 24.2 Å². The molecule has 104 valence electrons. The third kappa shape index (κ3) is 2.42. The van der Waals surface area contributed by atoms with Gasteiger partial charge < -0.3 is 14.7 Å². The van der Waals surface area contributed by atoms with Crippen LogP contribution in [0.5, 0.6) is 0 Å². The van der Waals surface area contributed by atoms with Crippen LogP contribution in [0.25, 0.3) is 0 Å². The number of likely N-dealkylation sites (tertiary alicyclic amines) is 1. The molecule has 2 fully saturated rings. The van der Waals surface area contributed by atoms with E-state index in [1.807, 2.05) is 0 Å². The van der Waals surface area contributed by atoms with E-state index in [1.165, 1.54) is 30.5 Å². The average Bonchev–Trinajstić information content (AvgIpc) is 2.39. The van der Waals surface area contributed by atoms with Crippen LogP contribution in [0, 0.1) is 0 Å². The Labute approximate surface area is 115 Å². The normalized spacial score (nSPS) is 26.9. The fraction of sp³-hybridized carbons (Fsp3) is 0.625. The molecule has 1 atom stereocenters. The van der Waals surface area contributed by atoms with Crippen molar-refractivity contribution in [3.8, 4) is 0 Å². The molecule has 1 aromatic carbocycles. The maximum absolute atomic E-state index is 9.56. The standard InChI is InChI=1S/C16H23NO2/c1-17-8-2-3-14(9-17)13-4-6-15(7-5-13)16(10-18)11-19-12-16/h4-7,14,18H,2-3,8-12H2,1H3. The summed E-state index contributed by atoms with van der Waals surface area (Å²) in [6.07, 6.45) is 2.58. The average molecular weight is 261 g/mol. The van der Waals surface area contributed by atoms with Crippen LogP contribution < -0.4 is 0 Å². The molecule has 1 unspecified atom stereocenters. The lowest BCUT2D eigenvalue weighted by Crippen LogP contribution is -2.49. The topological polar surface area (TPSA) is 32.7 Å². The second-order valence-corrected chi connectivity index (χ2v) is 6.15. The van der Waals surface area contributed by atoms with Crippen LogP contribution in [0.1, 0.15) is 29.9 Å². The molecule has 2 aliphatic rings. The Morgan fingerprint density at radius 2 is 2.05 bits per heavy atom. The molecule has 0 bridgehead atoms. The van der Waals surface area contributed by atoms with Crippen molar-refractivity contribution in [1.29, 1.82) is 0 Å². The summed E-state index contributed by atoms with van der Waals surface area (Å²) in [6, 6.07) is 8.86. The van der Waals surface area contributed by atoms with Crippen molar-refractivity contribution >= 4 is 0 Å². The Balaban J connectivity index is 1.75. The van der Waals surface area contributed by atoms with E-state index in [9.17, 15) is 5.11 Å². The van der Waals surface area contributed by atoms with Gasteiger partial charge in [0.05, 0.1) is 25.2 Å². The van der Waals surface area contributed by atoms with Gasteiger partial charge in [-0.1, -0.05) is 24.3 Å². The third-order valence-corrected chi connectivity index (χ3v) is 4.68. The number of nitrogens with zero attached hydrogens (tertiary/aromatic N) is 1. The van der Waals surface area contributed by atoms with Gasteiger partial charge in [-0.2, -0.15) is 0 Å². The number of ether oxygens (including phenoxy) is 1. The maximum Gasteiger partial charge on any atom is 0.0651 e. The van der Waals surface area contributed by atoms with Crippen molar-refractivity contribution in [3.63, 3.8) is 0 Å². The molecule has 0 saturated carbocycles. The van der Waals surface area contributed by atoms with Gasteiger partial charge in [-0.15, -0.1) is 0 Å². The minimum absolute atomic E-state index is 0.137. The molecule has 0 amide bonds. The van der Waals surface area contributed by atoms with Crippen LogP contribution >= 0.6 is 0 Å². The smallest absolute Gasteiger partial charge is 0.0651 e. The molecule has 3 heteroatoms. The molecule has 0 aromatic heterocycles. The second kappa shape index (κ2) is 5.23. The van der Waals surface area contributed by atoms with E-state index in [4.69, 9.17) is 4.74 Å². The lowest BCUT2D eigenvalue weighted by molar-refractivity contribution is -0.0841. The zero-order valence-electron chi connectivity index (χ0n) is 11.6. The van der Waals surface area contributed by atoms with Gasteiger partial charge in [0.2, 0.25) is 0 Å². The fourth-order valence-electron chi connectivity index (χ4n) is 3.25.